The Kier molecular flexibility index (Phi) is 8.40. The first-order valence-electron chi connectivity index (χ1n) is 9.71. The van der Waals surface area contributed by atoms with Crippen LogP contribution in [0.25, 0.3) is 0 Å². The molecule has 0 aromatic heterocycles. The summed E-state index contributed by atoms with van der Waals surface area (Å²) in [6, 6.07) is 16.1. The number of rotatable bonds is 9. The molecule has 2 aromatic carbocycles. The van der Waals surface area contributed by atoms with Gasteiger partial charge < -0.3 is 15.4 Å². The third kappa shape index (κ3) is 7.41. The highest BCUT2D eigenvalue weighted by molar-refractivity contribution is 5.97. The molecule has 0 saturated heterocycles. The Bertz CT molecular complexity index is 834. The molecule has 154 valence electrons. The molecule has 6 nitrogen and oxygen atoms in total. The zero-order valence-corrected chi connectivity index (χ0v) is 17.1. The molecular weight excluding hydrogens is 368 g/mol. The summed E-state index contributed by atoms with van der Waals surface area (Å²) in [6.07, 6.45) is 0.696. The first kappa shape index (κ1) is 22.1. The van der Waals surface area contributed by atoms with E-state index >= 15 is 0 Å². The maximum absolute atomic E-state index is 12.4. The van der Waals surface area contributed by atoms with Crippen molar-refractivity contribution in [3.63, 3.8) is 0 Å². The summed E-state index contributed by atoms with van der Waals surface area (Å²) in [7, 11) is 0. The van der Waals surface area contributed by atoms with E-state index in [2.05, 4.69) is 10.6 Å². The quantitative estimate of drug-likeness (QED) is 0.638. The van der Waals surface area contributed by atoms with Crippen molar-refractivity contribution < 1.29 is 19.1 Å². The van der Waals surface area contributed by atoms with Gasteiger partial charge in [-0.1, -0.05) is 61.9 Å². The lowest BCUT2D eigenvalue weighted by Crippen LogP contribution is -2.46. The van der Waals surface area contributed by atoms with Crippen molar-refractivity contribution in [2.75, 3.05) is 13.2 Å². The standard InChI is InChI=1S/C23H28N2O4/c1-16(2)21(25-22(27)19-11-7-8-17(3)14-19)23(28)29-15-20(26)24-13-12-18-9-5-4-6-10-18/h4-11,14,16,21H,12-13,15H2,1-3H3,(H,24,26)(H,25,27). The van der Waals surface area contributed by atoms with Crippen LogP contribution in [0.4, 0.5) is 0 Å². The lowest BCUT2D eigenvalue weighted by molar-refractivity contribution is -0.151. The van der Waals surface area contributed by atoms with Gasteiger partial charge in [-0.05, 0) is 37.0 Å². The monoisotopic (exact) mass is 396 g/mol. The molecule has 0 aliphatic carbocycles. The third-order valence-electron chi connectivity index (χ3n) is 4.41. The molecule has 2 aromatic rings. The van der Waals surface area contributed by atoms with Gasteiger partial charge in [0.05, 0.1) is 0 Å². The maximum Gasteiger partial charge on any atom is 0.329 e. The van der Waals surface area contributed by atoms with Gasteiger partial charge in [0.15, 0.2) is 6.61 Å². The molecule has 1 atom stereocenters. The summed E-state index contributed by atoms with van der Waals surface area (Å²) >= 11 is 0. The fourth-order valence-corrected chi connectivity index (χ4v) is 2.78. The topological polar surface area (TPSA) is 84.5 Å². The first-order valence-corrected chi connectivity index (χ1v) is 9.71. The minimum atomic E-state index is -0.833. The van der Waals surface area contributed by atoms with Crippen molar-refractivity contribution in [2.45, 2.75) is 33.2 Å². The number of benzene rings is 2. The number of hydrogen-bond donors (Lipinski definition) is 2. The fourth-order valence-electron chi connectivity index (χ4n) is 2.78. The smallest absolute Gasteiger partial charge is 0.329 e. The summed E-state index contributed by atoms with van der Waals surface area (Å²) in [4.78, 5) is 36.8. The van der Waals surface area contributed by atoms with Gasteiger partial charge in [-0.3, -0.25) is 9.59 Å². The molecule has 0 heterocycles. The van der Waals surface area contributed by atoms with Crippen LogP contribution in [0, 0.1) is 12.8 Å². The molecule has 0 spiro atoms. The molecule has 0 aliphatic heterocycles. The summed E-state index contributed by atoms with van der Waals surface area (Å²) in [6.45, 7) is 5.58. The summed E-state index contributed by atoms with van der Waals surface area (Å²) < 4.78 is 5.12. The normalized spacial score (nSPS) is 11.6. The van der Waals surface area contributed by atoms with Gasteiger partial charge in [-0.25, -0.2) is 4.79 Å². The molecule has 0 radical (unpaired) electrons. The van der Waals surface area contributed by atoms with Gasteiger partial charge in [0.1, 0.15) is 6.04 Å². The van der Waals surface area contributed by atoms with Crippen molar-refractivity contribution in [1.82, 2.24) is 10.6 Å². The Balaban J connectivity index is 1.81. The van der Waals surface area contributed by atoms with Crippen molar-refractivity contribution >= 4 is 17.8 Å². The highest BCUT2D eigenvalue weighted by Crippen LogP contribution is 2.08. The number of esters is 1. The Labute approximate surface area is 171 Å². The SMILES string of the molecule is Cc1cccc(C(=O)NC(C(=O)OCC(=O)NCCc2ccccc2)C(C)C)c1. The molecule has 0 fully saturated rings. The number of ether oxygens (including phenoxy) is 1. The molecule has 0 aliphatic rings. The molecule has 0 saturated carbocycles. The molecule has 2 N–H and O–H groups in total. The van der Waals surface area contributed by atoms with E-state index < -0.39 is 12.0 Å². The number of aryl methyl sites for hydroxylation is 1. The van der Waals surface area contributed by atoms with E-state index in [1.807, 2.05) is 57.2 Å². The van der Waals surface area contributed by atoms with E-state index in [0.29, 0.717) is 18.5 Å². The average molecular weight is 396 g/mol. The summed E-state index contributed by atoms with van der Waals surface area (Å²) in [5.74, 6) is -1.53. The van der Waals surface area contributed by atoms with Crippen LogP contribution in [0.5, 0.6) is 0 Å². The molecular formula is C23H28N2O4. The van der Waals surface area contributed by atoms with E-state index in [1.165, 1.54) is 0 Å². The average Bonchev–Trinajstić information content (AvgIpc) is 2.70. The third-order valence-corrected chi connectivity index (χ3v) is 4.41. The molecule has 2 amide bonds. The Morgan fingerprint density at radius 2 is 1.72 bits per heavy atom. The zero-order valence-electron chi connectivity index (χ0n) is 17.1. The first-order chi connectivity index (χ1) is 13.9. The van der Waals surface area contributed by atoms with E-state index in [9.17, 15) is 14.4 Å². The highest BCUT2D eigenvalue weighted by Gasteiger charge is 2.26. The van der Waals surface area contributed by atoms with Crippen LogP contribution in [-0.4, -0.2) is 37.0 Å². The summed E-state index contributed by atoms with van der Waals surface area (Å²) in [5.41, 5.74) is 2.54. The largest absolute Gasteiger partial charge is 0.454 e. The zero-order chi connectivity index (χ0) is 21.2. The van der Waals surface area contributed by atoms with Crippen molar-refractivity contribution in [3.8, 4) is 0 Å². The van der Waals surface area contributed by atoms with Crippen LogP contribution in [-0.2, 0) is 20.7 Å². The number of carbonyl (C=O) groups is 3. The van der Waals surface area contributed by atoms with Crippen molar-refractivity contribution in [2.24, 2.45) is 5.92 Å². The minimum Gasteiger partial charge on any atom is -0.454 e. The molecule has 0 bridgehead atoms. The number of amides is 2. The van der Waals surface area contributed by atoms with Gasteiger partial charge in [-0.15, -0.1) is 0 Å². The molecule has 2 rings (SSSR count). The van der Waals surface area contributed by atoms with Crippen LogP contribution in [0.2, 0.25) is 0 Å². The predicted molar refractivity (Wildman–Crippen MR) is 111 cm³/mol. The van der Waals surface area contributed by atoms with Crippen molar-refractivity contribution in [1.29, 1.82) is 0 Å². The van der Waals surface area contributed by atoms with Crippen LogP contribution in [0.1, 0.15) is 35.3 Å². The highest BCUT2D eigenvalue weighted by atomic mass is 16.5. The lowest BCUT2D eigenvalue weighted by Gasteiger charge is -2.21. The Morgan fingerprint density at radius 1 is 1.00 bits per heavy atom. The fraction of sp³-hybridized carbons (Fsp3) is 0.348. The van der Waals surface area contributed by atoms with Gasteiger partial charge >= 0.3 is 5.97 Å². The Hall–Kier alpha value is -3.15. The van der Waals surface area contributed by atoms with E-state index in [-0.39, 0.29) is 24.3 Å². The van der Waals surface area contributed by atoms with Gasteiger partial charge in [0.2, 0.25) is 0 Å². The second kappa shape index (κ2) is 11.0. The summed E-state index contributed by atoms with van der Waals surface area (Å²) in [5, 5.41) is 5.43. The second-order valence-electron chi connectivity index (χ2n) is 7.26. The molecule has 6 heteroatoms. The maximum atomic E-state index is 12.4. The second-order valence-corrected chi connectivity index (χ2v) is 7.26. The van der Waals surface area contributed by atoms with Gasteiger partial charge in [-0.2, -0.15) is 0 Å². The van der Waals surface area contributed by atoms with Crippen LogP contribution in [0.3, 0.4) is 0 Å². The Morgan fingerprint density at radius 3 is 2.38 bits per heavy atom. The van der Waals surface area contributed by atoms with E-state index in [4.69, 9.17) is 4.74 Å². The molecule has 1 unspecified atom stereocenters. The lowest BCUT2D eigenvalue weighted by atomic mass is 10.0. The minimum absolute atomic E-state index is 0.183. The van der Waals surface area contributed by atoms with E-state index in [0.717, 1.165) is 11.1 Å². The predicted octanol–water partition coefficient (Wildman–Crippen LogP) is 2.65. The van der Waals surface area contributed by atoms with Crippen LogP contribution >= 0.6 is 0 Å². The van der Waals surface area contributed by atoms with Gasteiger partial charge in [0.25, 0.3) is 11.8 Å². The number of carbonyl (C=O) groups excluding carboxylic acids is 3. The number of hydrogen-bond acceptors (Lipinski definition) is 4. The van der Waals surface area contributed by atoms with Crippen LogP contribution < -0.4 is 10.6 Å². The number of nitrogens with one attached hydrogen (secondary N) is 2. The van der Waals surface area contributed by atoms with Gasteiger partial charge in [0, 0.05) is 12.1 Å². The van der Waals surface area contributed by atoms with Crippen molar-refractivity contribution in [3.05, 3.63) is 71.3 Å². The molecule has 29 heavy (non-hydrogen) atoms. The van der Waals surface area contributed by atoms with Crippen LogP contribution in [0.15, 0.2) is 54.6 Å². The van der Waals surface area contributed by atoms with E-state index in [1.54, 1.807) is 18.2 Å².